The molecule has 2 aromatic carbocycles. The van der Waals surface area contributed by atoms with Crippen LogP contribution in [0.4, 0.5) is 0 Å². The molecule has 0 aliphatic carbocycles. The second-order valence-corrected chi connectivity index (χ2v) is 7.22. The first-order chi connectivity index (χ1) is 14.5. The predicted molar refractivity (Wildman–Crippen MR) is 117 cm³/mol. The van der Waals surface area contributed by atoms with Crippen LogP contribution < -0.4 is 5.32 Å². The van der Waals surface area contributed by atoms with Crippen molar-refractivity contribution in [3.63, 3.8) is 0 Å². The van der Waals surface area contributed by atoms with E-state index in [1.54, 1.807) is 6.92 Å². The number of nitrogens with one attached hydrogen (secondary N) is 1. The lowest BCUT2D eigenvalue weighted by Gasteiger charge is -2.34. The number of hydrogen-bond acceptors (Lipinski definition) is 6. The minimum absolute atomic E-state index is 0. The van der Waals surface area contributed by atoms with Crippen molar-refractivity contribution in [1.29, 1.82) is 0 Å². The molecular formula is C23H27ClN2O5. The average Bonchev–Trinajstić information content (AvgIpc) is 2.78. The molecule has 0 radical (unpaired) electrons. The summed E-state index contributed by atoms with van der Waals surface area (Å²) in [6.45, 7) is 2.68. The van der Waals surface area contributed by atoms with Crippen LogP contribution in [0.1, 0.15) is 18.1 Å². The molecule has 166 valence electrons. The van der Waals surface area contributed by atoms with Crippen LogP contribution >= 0.6 is 12.4 Å². The summed E-state index contributed by atoms with van der Waals surface area (Å²) in [5, 5.41) is 3.06. The molecule has 1 heterocycles. The average molecular weight is 447 g/mol. The molecule has 31 heavy (non-hydrogen) atoms. The van der Waals surface area contributed by atoms with Crippen molar-refractivity contribution in [3.8, 4) is 0 Å². The largest absolute Gasteiger partial charge is 0.461 e. The third-order valence-corrected chi connectivity index (χ3v) is 4.98. The fourth-order valence-corrected chi connectivity index (χ4v) is 3.23. The molecule has 7 nitrogen and oxygen atoms in total. The van der Waals surface area contributed by atoms with Crippen molar-refractivity contribution in [3.05, 3.63) is 71.8 Å². The number of piperazine rings is 1. The standard InChI is InChI=1S/C23H26N2O5.ClH/c1-17(23(28)30-16-19-10-6-3-7-11-19)21-22(27)25(13-12-24-21)14-20(26)29-15-18-8-4-2-5-9-18;/h2-11,17,21,24H,12-16H2,1H3;1H. The first-order valence-electron chi connectivity index (χ1n) is 9.97. The second kappa shape index (κ2) is 12.1. The molecule has 1 N–H and O–H groups in total. The third kappa shape index (κ3) is 7.08. The van der Waals surface area contributed by atoms with Gasteiger partial charge in [-0.15, -0.1) is 12.4 Å². The van der Waals surface area contributed by atoms with Crippen molar-refractivity contribution < 1.29 is 23.9 Å². The highest BCUT2D eigenvalue weighted by Gasteiger charge is 2.37. The molecule has 1 aliphatic rings. The topological polar surface area (TPSA) is 84.9 Å². The Hall–Kier alpha value is -2.90. The maximum Gasteiger partial charge on any atom is 0.325 e. The predicted octanol–water partition coefficient (Wildman–Crippen LogP) is 2.33. The van der Waals surface area contributed by atoms with E-state index in [9.17, 15) is 14.4 Å². The zero-order valence-electron chi connectivity index (χ0n) is 17.4. The highest BCUT2D eigenvalue weighted by atomic mass is 35.5. The summed E-state index contributed by atoms with van der Waals surface area (Å²) >= 11 is 0. The van der Waals surface area contributed by atoms with Gasteiger partial charge < -0.3 is 19.7 Å². The van der Waals surface area contributed by atoms with E-state index < -0.39 is 23.9 Å². The molecule has 8 heteroatoms. The highest BCUT2D eigenvalue weighted by Crippen LogP contribution is 2.14. The Morgan fingerprint density at radius 3 is 2.13 bits per heavy atom. The van der Waals surface area contributed by atoms with E-state index in [0.717, 1.165) is 11.1 Å². The number of esters is 2. The highest BCUT2D eigenvalue weighted by molar-refractivity contribution is 5.90. The first-order valence-corrected chi connectivity index (χ1v) is 9.97. The Kier molecular flexibility index (Phi) is 9.49. The van der Waals surface area contributed by atoms with Gasteiger partial charge in [0, 0.05) is 13.1 Å². The third-order valence-electron chi connectivity index (χ3n) is 4.98. The van der Waals surface area contributed by atoms with E-state index in [1.807, 2.05) is 60.7 Å². The molecule has 0 aromatic heterocycles. The molecule has 2 unspecified atom stereocenters. The zero-order valence-corrected chi connectivity index (χ0v) is 18.2. The van der Waals surface area contributed by atoms with Gasteiger partial charge >= 0.3 is 11.9 Å². The van der Waals surface area contributed by atoms with Crippen molar-refractivity contribution in [1.82, 2.24) is 10.2 Å². The summed E-state index contributed by atoms with van der Waals surface area (Å²) in [6, 6.07) is 18.0. The number of nitrogens with zero attached hydrogens (tertiary/aromatic N) is 1. The normalized spacial score (nSPS) is 16.7. The quantitative estimate of drug-likeness (QED) is 0.626. The van der Waals surface area contributed by atoms with Crippen LogP contribution in [0.5, 0.6) is 0 Å². The van der Waals surface area contributed by atoms with Gasteiger partial charge in [0.05, 0.1) is 5.92 Å². The lowest BCUT2D eigenvalue weighted by Crippen LogP contribution is -2.59. The molecule has 0 saturated carbocycles. The maximum atomic E-state index is 12.8. The van der Waals surface area contributed by atoms with Gasteiger partial charge in [0.15, 0.2) is 0 Å². The van der Waals surface area contributed by atoms with Crippen molar-refractivity contribution >= 4 is 30.3 Å². The van der Waals surface area contributed by atoms with Gasteiger partial charge in [0.1, 0.15) is 25.8 Å². The van der Waals surface area contributed by atoms with E-state index in [0.29, 0.717) is 13.1 Å². The summed E-state index contributed by atoms with van der Waals surface area (Å²) < 4.78 is 10.6. The minimum Gasteiger partial charge on any atom is -0.461 e. The molecule has 1 amide bonds. The second-order valence-electron chi connectivity index (χ2n) is 7.22. The van der Waals surface area contributed by atoms with E-state index in [-0.39, 0.29) is 38.1 Å². The van der Waals surface area contributed by atoms with Crippen LogP contribution in [0.25, 0.3) is 0 Å². The Labute approximate surface area is 188 Å². The summed E-state index contributed by atoms with van der Waals surface area (Å²) in [6.07, 6.45) is 0. The number of rotatable bonds is 8. The minimum atomic E-state index is -0.732. The van der Waals surface area contributed by atoms with Gasteiger partial charge in [-0.1, -0.05) is 60.7 Å². The van der Waals surface area contributed by atoms with Crippen LogP contribution in [-0.4, -0.2) is 48.4 Å². The summed E-state index contributed by atoms with van der Waals surface area (Å²) in [4.78, 5) is 38.8. The fraction of sp³-hybridized carbons (Fsp3) is 0.348. The number of ether oxygens (including phenoxy) is 2. The number of benzene rings is 2. The Bertz CT molecular complexity index is 863. The van der Waals surface area contributed by atoms with Gasteiger partial charge in [-0.2, -0.15) is 0 Å². The van der Waals surface area contributed by atoms with Gasteiger partial charge in [0.25, 0.3) is 0 Å². The number of hydrogen-bond donors (Lipinski definition) is 1. The van der Waals surface area contributed by atoms with Gasteiger partial charge in [-0.3, -0.25) is 14.4 Å². The molecule has 3 rings (SSSR count). The Morgan fingerprint density at radius 2 is 1.55 bits per heavy atom. The van der Waals surface area contributed by atoms with Gasteiger partial charge in [0.2, 0.25) is 5.91 Å². The number of carbonyl (C=O) groups excluding carboxylic acids is 3. The maximum absolute atomic E-state index is 12.8. The first kappa shape index (κ1) is 24.4. The van der Waals surface area contributed by atoms with E-state index >= 15 is 0 Å². The smallest absolute Gasteiger partial charge is 0.325 e. The van der Waals surface area contributed by atoms with Crippen LogP contribution in [0.3, 0.4) is 0 Å². The number of amides is 1. The molecule has 2 aromatic rings. The van der Waals surface area contributed by atoms with E-state index in [4.69, 9.17) is 9.47 Å². The van der Waals surface area contributed by atoms with E-state index in [2.05, 4.69) is 5.32 Å². The Morgan fingerprint density at radius 1 is 1.00 bits per heavy atom. The van der Waals surface area contributed by atoms with Crippen LogP contribution in [-0.2, 0) is 37.1 Å². The van der Waals surface area contributed by atoms with Gasteiger partial charge in [-0.25, -0.2) is 0 Å². The van der Waals surface area contributed by atoms with Crippen LogP contribution in [0.15, 0.2) is 60.7 Å². The fourth-order valence-electron chi connectivity index (χ4n) is 3.23. The molecular weight excluding hydrogens is 420 g/mol. The number of carbonyl (C=O) groups is 3. The lowest BCUT2D eigenvalue weighted by molar-refractivity contribution is -0.157. The van der Waals surface area contributed by atoms with Crippen LogP contribution in [0, 0.1) is 5.92 Å². The van der Waals surface area contributed by atoms with Gasteiger partial charge in [-0.05, 0) is 18.1 Å². The molecule has 1 fully saturated rings. The van der Waals surface area contributed by atoms with Crippen molar-refractivity contribution in [2.45, 2.75) is 26.2 Å². The lowest BCUT2D eigenvalue weighted by atomic mass is 9.99. The molecule has 0 spiro atoms. The summed E-state index contributed by atoms with van der Waals surface area (Å²) in [5.74, 6) is -1.92. The molecule has 1 saturated heterocycles. The molecule has 2 atom stereocenters. The van der Waals surface area contributed by atoms with Crippen molar-refractivity contribution in [2.75, 3.05) is 19.6 Å². The zero-order chi connectivity index (χ0) is 21.3. The molecule has 1 aliphatic heterocycles. The summed E-state index contributed by atoms with van der Waals surface area (Å²) in [7, 11) is 0. The SMILES string of the molecule is CC(C(=O)OCc1ccccc1)C1NCCN(CC(=O)OCc2ccccc2)C1=O.Cl. The van der Waals surface area contributed by atoms with Crippen LogP contribution in [0.2, 0.25) is 0 Å². The number of halogens is 1. The van der Waals surface area contributed by atoms with E-state index in [1.165, 1.54) is 4.90 Å². The molecule has 0 bridgehead atoms. The monoisotopic (exact) mass is 446 g/mol. The van der Waals surface area contributed by atoms with Crippen molar-refractivity contribution in [2.24, 2.45) is 5.92 Å². The Balaban J connectivity index is 0.00000341. The summed E-state index contributed by atoms with van der Waals surface area (Å²) in [5.41, 5.74) is 1.76.